The largest absolute Gasteiger partial charge is 0.493 e. The number of nitrogens with one attached hydrogen (secondary N) is 2. The SMILES string of the molecule is COc1cccc([C@H](O)C2CCN(CCc3ccc(C(=O)NCCNCCc4c(C)nc5n(c4=O)CCCC5)cc3)CC2)c1OC. The molecule has 0 spiro atoms. The van der Waals surface area contributed by atoms with Gasteiger partial charge in [0, 0.05) is 55.0 Å². The van der Waals surface area contributed by atoms with Crippen molar-refractivity contribution in [3.8, 4) is 11.5 Å². The molecular formula is C36H49N5O5. The summed E-state index contributed by atoms with van der Waals surface area (Å²) in [4.78, 5) is 32.7. The number of aliphatic hydroxyl groups is 1. The molecule has 10 nitrogen and oxygen atoms in total. The summed E-state index contributed by atoms with van der Waals surface area (Å²) in [6.07, 6.45) is 5.79. The first-order chi connectivity index (χ1) is 22.4. The quantitative estimate of drug-likeness (QED) is 0.232. The lowest BCUT2D eigenvalue weighted by Gasteiger charge is -2.34. The molecule has 2 aliphatic rings. The van der Waals surface area contributed by atoms with E-state index in [0.29, 0.717) is 43.1 Å². The second kappa shape index (κ2) is 16.2. The second-order valence-corrected chi connectivity index (χ2v) is 12.4. The summed E-state index contributed by atoms with van der Waals surface area (Å²) in [7, 11) is 3.22. The number of likely N-dealkylation sites (tertiary alicyclic amines) is 1. The number of para-hydroxylation sites is 1. The van der Waals surface area contributed by atoms with Crippen molar-refractivity contribution < 1.29 is 19.4 Å². The van der Waals surface area contributed by atoms with E-state index in [0.717, 1.165) is 87.3 Å². The van der Waals surface area contributed by atoms with Gasteiger partial charge in [-0.1, -0.05) is 24.3 Å². The zero-order valence-corrected chi connectivity index (χ0v) is 27.5. The van der Waals surface area contributed by atoms with Crippen LogP contribution in [0, 0.1) is 12.8 Å². The molecule has 2 aromatic carbocycles. The Labute approximate surface area is 272 Å². The van der Waals surface area contributed by atoms with E-state index in [4.69, 9.17) is 9.47 Å². The van der Waals surface area contributed by atoms with Gasteiger partial charge in [-0.15, -0.1) is 0 Å². The van der Waals surface area contributed by atoms with Gasteiger partial charge in [-0.25, -0.2) is 4.98 Å². The summed E-state index contributed by atoms with van der Waals surface area (Å²) in [5.41, 5.74) is 4.36. The maximum Gasteiger partial charge on any atom is 0.256 e. The number of aromatic nitrogens is 2. The lowest BCUT2D eigenvalue weighted by Crippen LogP contribution is -2.37. The molecule has 0 unspecified atom stereocenters. The van der Waals surface area contributed by atoms with Crippen LogP contribution in [0.1, 0.15) is 70.4 Å². The smallest absolute Gasteiger partial charge is 0.256 e. The van der Waals surface area contributed by atoms with Crippen LogP contribution in [0.15, 0.2) is 47.3 Å². The highest BCUT2D eigenvalue weighted by molar-refractivity contribution is 5.94. The van der Waals surface area contributed by atoms with Crippen LogP contribution < -0.4 is 25.7 Å². The highest BCUT2D eigenvalue weighted by Gasteiger charge is 2.29. The van der Waals surface area contributed by atoms with Gasteiger partial charge in [-0.2, -0.15) is 0 Å². The Bertz CT molecular complexity index is 1510. The Hall–Kier alpha value is -3.73. The van der Waals surface area contributed by atoms with Crippen LogP contribution in [0.5, 0.6) is 11.5 Å². The number of methoxy groups -OCH3 is 2. The van der Waals surface area contributed by atoms with Crippen LogP contribution in [0.3, 0.4) is 0 Å². The minimum atomic E-state index is -0.589. The fourth-order valence-corrected chi connectivity index (χ4v) is 6.72. The number of carbonyl (C=O) groups excluding carboxylic acids is 1. The molecule has 1 amide bonds. The van der Waals surface area contributed by atoms with Crippen LogP contribution in [0.2, 0.25) is 0 Å². The van der Waals surface area contributed by atoms with Gasteiger partial charge in [0.15, 0.2) is 11.5 Å². The van der Waals surface area contributed by atoms with Gasteiger partial charge >= 0.3 is 0 Å². The van der Waals surface area contributed by atoms with Crippen molar-refractivity contribution in [3.05, 3.63) is 86.6 Å². The minimum absolute atomic E-state index is 0.0883. The summed E-state index contributed by atoms with van der Waals surface area (Å²) in [6, 6.07) is 13.5. The minimum Gasteiger partial charge on any atom is -0.493 e. The molecule has 10 heteroatoms. The predicted molar refractivity (Wildman–Crippen MR) is 179 cm³/mol. The first-order valence-corrected chi connectivity index (χ1v) is 16.7. The third-order valence-corrected chi connectivity index (χ3v) is 9.48. The maximum atomic E-state index is 12.9. The molecule has 248 valence electrons. The summed E-state index contributed by atoms with van der Waals surface area (Å²) in [6.45, 7) is 7.30. The molecule has 2 aliphatic heterocycles. The number of hydrogen-bond acceptors (Lipinski definition) is 8. The molecule has 1 fully saturated rings. The molecule has 1 aromatic heterocycles. The predicted octanol–water partition coefficient (Wildman–Crippen LogP) is 3.46. The van der Waals surface area contributed by atoms with Crippen molar-refractivity contribution in [1.29, 1.82) is 0 Å². The number of rotatable bonds is 14. The van der Waals surface area contributed by atoms with E-state index < -0.39 is 6.10 Å². The van der Waals surface area contributed by atoms with Crippen LogP contribution in [-0.2, 0) is 25.8 Å². The Morgan fingerprint density at radius 3 is 2.52 bits per heavy atom. The van der Waals surface area contributed by atoms with E-state index in [2.05, 4.69) is 20.5 Å². The van der Waals surface area contributed by atoms with Gasteiger partial charge in [0.25, 0.3) is 11.5 Å². The third kappa shape index (κ3) is 8.15. The summed E-state index contributed by atoms with van der Waals surface area (Å²) >= 11 is 0. The van der Waals surface area contributed by atoms with E-state index in [-0.39, 0.29) is 17.4 Å². The van der Waals surface area contributed by atoms with Crippen LogP contribution >= 0.6 is 0 Å². The van der Waals surface area contributed by atoms with Crippen molar-refractivity contribution in [2.24, 2.45) is 5.92 Å². The summed E-state index contributed by atoms with van der Waals surface area (Å²) in [5, 5.41) is 17.4. The molecule has 0 aliphatic carbocycles. The lowest BCUT2D eigenvalue weighted by atomic mass is 9.87. The number of fused-ring (bicyclic) bond motifs is 1. The number of piperidine rings is 1. The molecule has 3 heterocycles. The van der Waals surface area contributed by atoms with E-state index in [1.165, 1.54) is 5.56 Å². The van der Waals surface area contributed by atoms with Crippen LogP contribution in [0.4, 0.5) is 0 Å². The highest BCUT2D eigenvalue weighted by Crippen LogP contribution is 2.40. The molecule has 46 heavy (non-hydrogen) atoms. The Morgan fingerprint density at radius 2 is 1.78 bits per heavy atom. The zero-order valence-electron chi connectivity index (χ0n) is 27.5. The van der Waals surface area contributed by atoms with Gasteiger partial charge in [0.1, 0.15) is 5.82 Å². The summed E-state index contributed by atoms with van der Waals surface area (Å²) < 4.78 is 12.8. The number of aliphatic hydroxyl groups excluding tert-OH is 1. The molecular weight excluding hydrogens is 582 g/mol. The molecule has 0 saturated carbocycles. The number of ether oxygens (including phenoxy) is 2. The second-order valence-electron chi connectivity index (χ2n) is 12.4. The highest BCUT2D eigenvalue weighted by atomic mass is 16.5. The van der Waals surface area contributed by atoms with Crippen LogP contribution in [-0.4, -0.2) is 79.0 Å². The average Bonchev–Trinajstić information content (AvgIpc) is 3.09. The molecule has 1 atom stereocenters. The Balaban J connectivity index is 0.989. The molecule has 3 N–H and O–H groups in total. The number of aryl methyl sites for hydroxylation is 2. The molecule has 1 saturated heterocycles. The van der Waals surface area contributed by atoms with Crippen molar-refractivity contribution >= 4 is 5.91 Å². The van der Waals surface area contributed by atoms with Crippen molar-refractivity contribution in [2.75, 3.05) is 53.5 Å². The van der Waals surface area contributed by atoms with Crippen molar-refractivity contribution in [2.45, 2.75) is 64.5 Å². The molecule has 3 aromatic rings. The van der Waals surface area contributed by atoms with E-state index in [9.17, 15) is 14.7 Å². The van der Waals surface area contributed by atoms with E-state index >= 15 is 0 Å². The standard InChI is InChI=1S/C36H49N5O5/c1-25-29(36(44)41-21-5-4-9-32(41)39-25)14-18-37-19-20-38-35(43)28-12-10-26(11-13-28)15-22-40-23-16-27(17-24-40)33(42)30-7-6-8-31(45-2)34(30)46-3/h6-8,10-13,27,33,37,42H,4-5,9,14-24H2,1-3H3,(H,38,43)/t33-/m1/s1. The number of amides is 1. The number of hydrogen-bond donors (Lipinski definition) is 3. The Morgan fingerprint density at radius 1 is 1.00 bits per heavy atom. The lowest BCUT2D eigenvalue weighted by molar-refractivity contribution is 0.0572. The topological polar surface area (TPSA) is 118 Å². The van der Waals surface area contributed by atoms with Gasteiger partial charge in [-0.3, -0.25) is 14.2 Å². The molecule has 0 radical (unpaired) electrons. The van der Waals surface area contributed by atoms with Crippen LogP contribution in [0.25, 0.3) is 0 Å². The Kier molecular flexibility index (Phi) is 11.8. The van der Waals surface area contributed by atoms with Gasteiger partial charge in [-0.05, 0) is 94.8 Å². The van der Waals surface area contributed by atoms with Gasteiger partial charge < -0.3 is 30.1 Å². The van der Waals surface area contributed by atoms with Crippen molar-refractivity contribution in [3.63, 3.8) is 0 Å². The van der Waals surface area contributed by atoms with E-state index in [1.807, 2.05) is 54.0 Å². The maximum absolute atomic E-state index is 12.9. The average molecular weight is 632 g/mol. The normalized spacial score (nSPS) is 16.1. The molecule has 5 rings (SSSR count). The number of benzene rings is 2. The monoisotopic (exact) mass is 631 g/mol. The first-order valence-electron chi connectivity index (χ1n) is 16.7. The van der Waals surface area contributed by atoms with Gasteiger partial charge in [0.05, 0.1) is 20.3 Å². The van der Waals surface area contributed by atoms with Crippen molar-refractivity contribution in [1.82, 2.24) is 25.1 Å². The van der Waals surface area contributed by atoms with E-state index in [1.54, 1.807) is 14.2 Å². The number of carbonyl (C=O) groups is 1. The van der Waals surface area contributed by atoms with Gasteiger partial charge in [0.2, 0.25) is 0 Å². The molecule has 0 bridgehead atoms. The summed E-state index contributed by atoms with van der Waals surface area (Å²) in [5.74, 6) is 2.25. The first kappa shape index (κ1) is 33.6. The fraction of sp³-hybridized carbons (Fsp3) is 0.528. The third-order valence-electron chi connectivity index (χ3n) is 9.48. The number of nitrogens with zero attached hydrogens (tertiary/aromatic N) is 3. The fourth-order valence-electron chi connectivity index (χ4n) is 6.72. The zero-order chi connectivity index (χ0) is 32.5.